The molecule has 0 atom stereocenters. The molecule has 2 aromatic rings. The number of thiophene rings is 1. The van der Waals surface area contributed by atoms with Crippen LogP contribution in [-0.2, 0) is 17.6 Å². The molecule has 2 nitrogen and oxygen atoms in total. The fourth-order valence-electron chi connectivity index (χ4n) is 1.82. The number of hydrogen-bond donors (Lipinski definition) is 1. The average Bonchev–Trinajstić information content (AvgIpc) is 2.91. The zero-order valence-electron chi connectivity index (χ0n) is 10.6. The normalized spacial score (nSPS) is 10.4. The van der Waals surface area contributed by atoms with E-state index < -0.39 is 0 Å². The average molecular weight is 294 g/mol. The van der Waals surface area contributed by atoms with Crippen LogP contribution in [0.4, 0.5) is 0 Å². The molecule has 0 radical (unpaired) electrons. The summed E-state index contributed by atoms with van der Waals surface area (Å²) >= 11 is 7.77. The molecule has 0 aliphatic rings. The number of amides is 1. The lowest BCUT2D eigenvalue weighted by Gasteiger charge is -2.05. The lowest BCUT2D eigenvalue weighted by molar-refractivity contribution is -0.121. The molecular weight excluding hydrogens is 278 g/mol. The lowest BCUT2D eigenvalue weighted by atomic mass is 10.1. The number of nitrogens with one attached hydrogen (secondary N) is 1. The van der Waals surface area contributed by atoms with Crippen molar-refractivity contribution < 1.29 is 4.79 Å². The smallest absolute Gasteiger partial charge is 0.220 e. The predicted octanol–water partition coefficient (Wildman–Crippen LogP) is 3.69. The van der Waals surface area contributed by atoms with Crippen LogP contribution >= 0.6 is 22.9 Å². The summed E-state index contributed by atoms with van der Waals surface area (Å²) in [4.78, 5) is 13.0. The van der Waals surface area contributed by atoms with Crippen molar-refractivity contribution in [1.82, 2.24) is 5.32 Å². The Hall–Kier alpha value is -1.32. The maximum atomic E-state index is 11.7. The van der Waals surface area contributed by atoms with Gasteiger partial charge in [0.25, 0.3) is 0 Å². The van der Waals surface area contributed by atoms with Crippen LogP contribution in [0.5, 0.6) is 0 Å². The third-order valence-corrected chi connectivity index (χ3v) is 4.16. The van der Waals surface area contributed by atoms with Gasteiger partial charge in [0.05, 0.1) is 0 Å². The maximum Gasteiger partial charge on any atom is 0.220 e. The third-order valence-electron chi connectivity index (χ3n) is 2.85. The predicted molar refractivity (Wildman–Crippen MR) is 80.8 cm³/mol. The van der Waals surface area contributed by atoms with Gasteiger partial charge in [-0.1, -0.05) is 35.9 Å². The first kappa shape index (κ1) is 14.1. The molecule has 0 spiro atoms. The van der Waals surface area contributed by atoms with Gasteiger partial charge in [-0.3, -0.25) is 4.79 Å². The minimum Gasteiger partial charge on any atom is -0.356 e. The van der Waals surface area contributed by atoms with E-state index in [1.165, 1.54) is 4.88 Å². The molecule has 0 saturated carbocycles. The minimum atomic E-state index is 0.0801. The van der Waals surface area contributed by atoms with Gasteiger partial charge < -0.3 is 5.32 Å². The van der Waals surface area contributed by atoms with Crippen molar-refractivity contribution in [2.24, 2.45) is 0 Å². The van der Waals surface area contributed by atoms with E-state index in [-0.39, 0.29) is 5.91 Å². The number of benzene rings is 1. The first-order valence-electron chi connectivity index (χ1n) is 6.28. The highest BCUT2D eigenvalue weighted by molar-refractivity contribution is 7.09. The monoisotopic (exact) mass is 293 g/mol. The molecule has 0 unspecified atom stereocenters. The summed E-state index contributed by atoms with van der Waals surface area (Å²) in [6.45, 7) is 0.696. The summed E-state index contributed by atoms with van der Waals surface area (Å²) in [5.74, 6) is 0.0801. The van der Waals surface area contributed by atoms with Gasteiger partial charge in [0.2, 0.25) is 5.91 Å². The number of hydrogen-bond acceptors (Lipinski definition) is 2. The molecule has 0 saturated heterocycles. The fourth-order valence-corrected chi connectivity index (χ4v) is 2.76. The first-order chi connectivity index (χ1) is 9.25. The minimum absolute atomic E-state index is 0.0801. The largest absolute Gasteiger partial charge is 0.356 e. The second-order valence-corrected chi connectivity index (χ2v) is 5.71. The Bertz CT molecular complexity index is 525. The van der Waals surface area contributed by atoms with Crippen LogP contribution in [0, 0.1) is 0 Å². The van der Waals surface area contributed by atoms with E-state index >= 15 is 0 Å². The zero-order chi connectivity index (χ0) is 13.5. The van der Waals surface area contributed by atoms with E-state index in [1.54, 1.807) is 11.3 Å². The van der Waals surface area contributed by atoms with Crippen LogP contribution in [0.1, 0.15) is 16.9 Å². The summed E-state index contributed by atoms with van der Waals surface area (Å²) in [5.41, 5.74) is 1.03. The highest BCUT2D eigenvalue weighted by Crippen LogP contribution is 2.16. The van der Waals surface area contributed by atoms with Crippen molar-refractivity contribution in [2.45, 2.75) is 19.3 Å². The summed E-state index contributed by atoms with van der Waals surface area (Å²) in [6, 6.07) is 11.8. The van der Waals surface area contributed by atoms with Crippen molar-refractivity contribution in [3.63, 3.8) is 0 Å². The zero-order valence-corrected chi connectivity index (χ0v) is 12.1. The van der Waals surface area contributed by atoms with Crippen molar-refractivity contribution in [2.75, 3.05) is 6.54 Å². The number of carbonyl (C=O) groups excluding carboxylic acids is 1. The number of rotatable bonds is 6. The molecule has 0 aliphatic heterocycles. The summed E-state index contributed by atoms with van der Waals surface area (Å²) in [7, 11) is 0. The van der Waals surface area contributed by atoms with Gasteiger partial charge in [-0.2, -0.15) is 0 Å². The number of halogens is 1. The van der Waals surface area contributed by atoms with Crippen LogP contribution in [0.3, 0.4) is 0 Å². The molecular formula is C15H16ClNOS. The van der Waals surface area contributed by atoms with Crippen LogP contribution < -0.4 is 5.32 Å². The van der Waals surface area contributed by atoms with E-state index in [9.17, 15) is 4.79 Å². The second kappa shape index (κ2) is 7.31. The van der Waals surface area contributed by atoms with Gasteiger partial charge in [-0.05, 0) is 35.9 Å². The van der Waals surface area contributed by atoms with Crippen LogP contribution in [0.15, 0.2) is 41.8 Å². The van der Waals surface area contributed by atoms with Gasteiger partial charge in [0.1, 0.15) is 0 Å². The van der Waals surface area contributed by atoms with E-state index in [1.807, 2.05) is 30.3 Å². The van der Waals surface area contributed by atoms with E-state index in [0.29, 0.717) is 19.4 Å². The highest BCUT2D eigenvalue weighted by Gasteiger charge is 2.04. The molecule has 1 N–H and O–H groups in total. The Balaban J connectivity index is 1.69. The molecule has 2 rings (SSSR count). The number of carbonyl (C=O) groups is 1. The molecule has 1 heterocycles. The quantitative estimate of drug-likeness (QED) is 0.864. The molecule has 1 amide bonds. The topological polar surface area (TPSA) is 29.1 Å². The molecule has 1 aromatic carbocycles. The van der Waals surface area contributed by atoms with Crippen molar-refractivity contribution in [3.8, 4) is 0 Å². The summed E-state index contributed by atoms with van der Waals surface area (Å²) in [6.07, 6.45) is 2.06. The first-order valence-corrected chi connectivity index (χ1v) is 7.54. The Morgan fingerprint density at radius 3 is 2.74 bits per heavy atom. The third kappa shape index (κ3) is 4.69. The van der Waals surface area contributed by atoms with Gasteiger partial charge in [0.15, 0.2) is 0 Å². The molecule has 0 bridgehead atoms. The lowest BCUT2D eigenvalue weighted by Crippen LogP contribution is -2.25. The van der Waals surface area contributed by atoms with Crippen LogP contribution in [-0.4, -0.2) is 12.5 Å². The second-order valence-electron chi connectivity index (χ2n) is 4.27. The Kier molecular flexibility index (Phi) is 5.43. The highest BCUT2D eigenvalue weighted by atomic mass is 35.5. The Morgan fingerprint density at radius 2 is 2.00 bits per heavy atom. The van der Waals surface area contributed by atoms with Crippen molar-refractivity contribution in [1.29, 1.82) is 0 Å². The van der Waals surface area contributed by atoms with Crippen LogP contribution in [0.2, 0.25) is 5.02 Å². The Morgan fingerprint density at radius 1 is 1.16 bits per heavy atom. The van der Waals surface area contributed by atoms with E-state index in [4.69, 9.17) is 11.6 Å². The summed E-state index contributed by atoms with van der Waals surface area (Å²) in [5, 5.41) is 5.72. The fraction of sp³-hybridized carbons (Fsp3) is 0.267. The van der Waals surface area contributed by atoms with Crippen molar-refractivity contribution >= 4 is 28.8 Å². The standard InChI is InChI=1S/C15H16ClNOS/c16-14-6-2-1-4-12(14)7-8-15(18)17-10-9-13-5-3-11-19-13/h1-6,11H,7-10H2,(H,17,18). The van der Waals surface area contributed by atoms with Crippen LogP contribution in [0.25, 0.3) is 0 Å². The van der Waals surface area contributed by atoms with Gasteiger partial charge in [-0.25, -0.2) is 0 Å². The molecule has 19 heavy (non-hydrogen) atoms. The molecule has 100 valence electrons. The van der Waals surface area contributed by atoms with Gasteiger partial charge in [0, 0.05) is 22.9 Å². The van der Waals surface area contributed by atoms with E-state index in [0.717, 1.165) is 17.0 Å². The molecule has 4 heteroatoms. The molecule has 0 aliphatic carbocycles. The summed E-state index contributed by atoms with van der Waals surface area (Å²) < 4.78 is 0. The van der Waals surface area contributed by atoms with Gasteiger partial charge in [-0.15, -0.1) is 11.3 Å². The SMILES string of the molecule is O=C(CCc1ccccc1Cl)NCCc1cccs1. The molecule has 0 fully saturated rings. The van der Waals surface area contributed by atoms with E-state index in [2.05, 4.69) is 16.8 Å². The maximum absolute atomic E-state index is 11.7. The Labute approximate surface area is 122 Å². The molecule has 1 aromatic heterocycles. The van der Waals surface area contributed by atoms with Crippen molar-refractivity contribution in [3.05, 3.63) is 57.2 Å². The number of aryl methyl sites for hydroxylation is 1. The van der Waals surface area contributed by atoms with Gasteiger partial charge >= 0.3 is 0 Å².